The van der Waals surface area contributed by atoms with Crippen LogP contribution in [0.15, 0.2) is 18.2 Å². The van der Waals surface area contributed by atoms with Crippen molar-refractivity contribution in [3.8, 4) is 0 Å². The summed E-state index contributed by atoms with van der Waals surface area (Å²) < 4.78 is 8.45. The van der Waals surface area contributed by atoms with E-state index in [1.807, 2.05) is 6.07 Å². The number of likely N-dealkylation sites (tertiary alicyclic amines) is 1. The van der Waals surface area contributed by atoms with Crippen LogP contribution in [0, 0.1) is 5.92 Å². The number of aliphatic carboxylic acids is 1. The van der Waals surface area contributed by atoms with Gasteiger partial charge in [-0.3, -0.25) is 4.79 Å². The first kappa shape index (κ1) is 13.5. The molecule has 0 radical (unpaired) electrons. The summed E-state index contributed by atoms with van der Waals surface area (Å²) in [4.78, 5) is 13.3. The van der Waals surface area contributed by atoms with E-state index >= 15 is 0 Å². The van der Waals surface area contributed by atoms with Crippen LogP contribution < -0.4 is 0 Å². The number of benzene rings is 1. The van der Waals surface area contributed by atoms with Gasteiger partial charge >= 0.3 is 5.97 Å². The first-order valence-corrected chi connectivity index (χ1v) is 7.62. The quantitative estimate of drug-likeness (QED) is 0.933. The fourth-order valence-electron chi connectivity index (χ4n) is 2.67. The molecule has 2 aromatic rings. The van der Waals surface area contributed by atoms with Crippen LogP contribution in [-0.4, -0.2) is 44.4 Å². The van der Waals surface area contributed by atoms with E-state index in [4.69, 9.17) is 5.11 Å². The molecule has 1 aliphatic rings. The summed E-state index contributed by atoms with van der Waals surface area (Å²) in [6, 6.07) is 6.22. The zero-order valence-corrected chi connectivity index (χ0v) is 12.0. The number of fused-ring (bicyclic) bond motifs is 1. The number of hydrogen-bond donors (Lipinski definition) is 1. The van der Waals surface area contributed by atoms with Crippen LogP contribution in [0.3, 0.4) is 0 Å². The standard InChI is InChI=1S/C14H17N3O2S/c18-14(19)11-4-7-17(8-5-11)6-3-10-1-2-12-13(9-10)16-20-15-12/h1-2,9,11H,3-8H2,(H,18,19). The Morgan fingerprint density at radius 2 is 2.05 bits per heavy atom. The van der Waals surface area contributed by atoms with Crippen LogP contribution in [0.4, 0.5) is 0 Å². The molecule has 0 saturated carbocycles. The third kappa shape index (κ3) is 2.96. The van der Waals surface area contributed by atoms with Gasteiger partial charge in [0.05, 0.1) is 17.6 Å². The van der Waals surface area contributed by atoms with E-state index in [2.05, 4.69) is 25.8 Å². The van der Waals surface area contributed by atoms with Crippen LogP contribution in [0.1, 0.15) is 18.4 Å². The van der Waals surface area contributed by atoms with Crippen molar-refractivity contribution >= 4 is 28.7 Å². The predicted molar refractivity (Wildman–Crippen MR) is 77.9 cm³/mol. The van der Waals surface area contributed by atoms with Gasteiger partial charge in [-0.05, 0) is 50.0 Å². The van der Waals surface area contributed by atoms with Crippen LogP contribution in [0.5, 0.6) is 0 Å². The lowest BCUT2D eigenvalue weighted by molar-refractivity contribution is -0.143. The minimum Gasteiger partial charge on any atom is -0.481 e. The summed E-state index contributed by atoms with van der Waals surface area (Å²) in [5.41, 5.74) is 3.20. The molecule has 1 aliphatic heterocycles. The monoisotopic (exact) mass is 291 g/mol. The van der Waals surface area contributed by atoms with Crippen molar-refractivity contribution in [3.63, 3.8) is 0 Å². The van der Waals surface area contributed by atoms with Gasteiger partial charge in [0.15, 0.2) is 0 Å². The number of nitrogens with zero attached hydrogens (tertiary/aromatic N) is 3. The molecule has 0 spiro atoms. The highest BCUT2D eigenvalue weighted by atomic mass is 32.1. The number of carbonyl (C=O) groups is 1. The Morgan fingerprint density at radius 3 is 2.80 bits per heavy atom. The van der Waals surface area contributed by atoms with E-state index in [1.54, 1.807) is 0 Å². The topological polar surface area (TPSA) is 66.3 Å². The molecule has 20 heavy (non-hydrogen) atoms. The van der Waals surface area contributed by atoms with Gasteiger partial charge in [-0.25, -0.2) is 0 Å². The molecule has 0 bridgehead atoms. The molecule has 1 saturated heterocycles. The van der Waals surface area contributed by atoms with Crippen molar-refractivity contribution in [2.24, 2.45) is 5.92 Å². The van der Waals surface area contributed by atoms with E-state index in [9.17, 15) is 4.79 Å². The fraction of sp³-hybridized carbons (Fsp3) is 0.500. The predicted octanol–water partition coefficient (Wildman–Crippen LogP) is 2.03. The van der Waals surface area contributed by atoms with Gasteiger partial charge < -0.3 is 10.0 Å². The summed E-state index contributed by atoms with van der Waals surface area (Å²) in [5.74, 6) is -0.796. The Hall–Kier alpha value is -1.53. The number of carboxylic acid groups (broad SMARTS) is 1. The van der Waals surface area contributed by atoms with Gasteiger partial charge in [-0.2, -0.15) is 8.75 Å². The van der Waals surface area contributed by atoms with Gasteiger partial charge in [-0.15, -0.1) is 0 Å². The fourth-order valence-corrected chi connectivity index (χ4v) is 3.19. The van der Waals surface area contributed by atoms with Gasteiger partial charge in [0.1, 0.15) is 11.0 Å². The van der Waals surface area contributed by atoms with Gasteiger partial charge in [-0.1, -0.05) is 6.07 Å². The molecule has 0 unspecified atom stereocenters. The molecule has 0 atom stereocenters. The average Bonchev–Trinajstić information content (AvgIpc) is 2.93. The summed E-state index contributed by atoms with van der Waals surface area (Å²) in [6.07, 6.45) is 2.51. The average molecular weight is 291 g/mol. The highest BCUT2D eigenvalue weighted by molar-refractivity contribution is 7.00. The lowest BCUT2D eigenvalue weighted by Gasteiger charge is -2.29. The van der Waals surface area contributed by atoms with E-state index in [0.717, 1.165) is 49.9 Å². The molecule has 0 amide bonds. The summed E-state index contributed by atoms with van der Waals surface area (Å²) in [6.45, 7) is 2.75. The van der Waals surface area contributed by atoms with Crippen LogP contribution in [0.25, 0.3) is 11.0 Å². The second kappa shape index (κ2) is 5.85. The van der Waals surface area contributed by atoms with Crippen molar-refractivity contribution in [1.29, 1.82) is 0 Å². The molecule has 5 nitrogen and oxygen atoms in total. The minimum absolute atomic E-state index is 0.149. The van der Waals surface area contributed by atoms with Gasteiger partial charge in [0.25, 0.3) is 0 Å². The Balaban J connectivity index is 1.53. The zero-order valence-electron chi connectivity index (χ0n) is 11.2. The molecule has 1 fully saturated rings. The molecule has 2 heterocycles. The zero-order chi connectivity index (χ0) is 13.9. The van der Waals surface area contributed by atoms with Crippen LogP contribution in [-0.2, 0) is 11.2 Å². The number of carboxylic acids is 1. The summed E-state index contributed by atoms with van der Waals surface area (Å²) in [7, 11) is 0. The number of piperidine rings is 1. The first-order chi connectivity index (χ1) is 9.72. The van der Waals surface area contributed by atoms with Crippen molar-refractivity contribution < 1.29 is 9.90 Å². The third-order valence-electron chi connectivity index (χ3n) is 3.97. The normalized spacial score (nSPS) is 17.6. The second-order valence-electron chi connectivity index (χ2n) is 5.29. The minimum atomic E-state index is -0.647. The smallest absolute Gasteiger partial charge is 0.306 e. The lowest BCUT2D eigenvalue weighted by Crippen LogP contribution is -2.37. The van der Waals surface area contributed by atoms with Crippen molar-refractivity contribution in [2.45, 2.75) is 19.3 Å². The van der Waals surface area contributed by atoms with Crippen molar-refractivity contribution in [3.05, 3.63) is 23.8 Å². The summed E-state index contributed by atoms with van der Waals surface area (Å²) in [5, 5.41) is 8.98. The lowest BCUT2D eigenvalue weighted by atomic mass is 9.97. The van der Waals surface area contributed by atoms with E-state index in [-0.39, 0.29) is 5.92 Å². The molecule has 6 heteroatoms. The Morgan fingerprint density at radius 1 is 1.30 bits per heavy atom. The maximum Gasteiger partial charge on any atom is 0.306 e. The molecular weight excluding hydrogens is 274 g/mol. The van der Waals surface area contributed by atoms with E-state index in [1.165, 1.54) is 17.3 Å². The van der Waals surface area contributed by atoms with Gasteiger partial charge in [0.2, 0.25) is 0 Å². The molecule has 1 aromatic heterocycles. The van der Waals surface area contributed by atoms with Crippen LogP contribution in [0.2, 0.25) is 0 Å². The van der Waals surface area contributed by atoms with Crippen molar-refractivity contribution in [1.82, 2.24) is 13.6 Å². The molecule has 3 rings (SSSR count). The molecular formula is C14H17N3O2S. The first-order valence-electron chi connectivity index (χ1n) is 6.89. The molecule has 1 aromatic carbocycles. The largest absolute Gasteiger partial charge is 0.481 e. The van der Waals surface area contributed by atoms with Gasteiger partial charge in [0, 0.05) is 6.54 Å². The molecule has 1 N–H and O–H groups in total. The van der Waals surface area contributed by atoms with E-state index in [0.29, 0.717) is 0 Å². The van der Waals surface area contributed by atoms with Crippen LogP contribution >= 0.6 is 11.7 Å². The molecule has 106 valence electrons. The Bertz CT molecular complexity index is 605. The maximum absolute atomic E-state index is 10.9. The van der Waals surface area contributed by atoms with Crippen molar-refractivity contribution in [2.75, 3.05) is 19.6 Å². The third-order valence-corrected chi connectivity index (χ3v) is 4.53. The maximum atomic E-state index is 10.9. The SMILES string of the molecule is O=C(O)C1CCN(CCc2ccc3nsnc3c2)CC1. The number of aromatic nitrogens is 2. The number of hydrogen-bond acceptors (Lipinski definition) is 5. The summed E-state index contributed by atoms with van der Waals surface area (Å²) >= 11 is 1.24. The highest BCUT2D eigenvalue weighted by Crippen LogP contribution is 2.18. The Kier molecular flexibility index (Phi) is 3.93. The number of rotatable bonds is 4. The molecule has 0 aliphatic carbocycles. The van der Waals surface area contributed by atoms with E-state index < -0.39 is 5.97 Å². The Labute approximate surface area is 121 Å². The highest BCUT2D eigenvalue weighted by Gasteiger charge is 2.23. The second-order valence-corrected chi connectivity index (χ2v) is 5.82.